The smallest absolute Gasteiger partial charge is 0.182 e. The van der Waals surface area contributed by atoms with Crippen LogP contribution in [-0.2, 0) is 4.79 Å². The molecule has 5 nitrogen and oxygen atoms in total. The highest BCUT2D eigenvalue weighted by molar-refractivity contribution is 5.95. The Kier molecular flexibility index (Phi) is 7.84. The molecule has 38 heavy (non-hydrogen) atoms. The maximum atomic E-state index is 13.3. The lowest BCUT2D eigenvalue weighted by Crippen LogP contribution is -2.54. The van der Waals surface area contributed by atoms with Crippen molar-refractivity contribution < 1.29 is 4.79 Å². The third-order valence-electron chi connectivity index (χ3n) is 11.9. The molecule has 4 aliphatic carbocycles. The topological polar surface area (TPSA) is 112 Å². The Hall–Kier alpha value is -2.63. The van der Waals surface area contributed by atoms with Gasteiger partial charge in [-0.25, -0.2) is 0 Å². The van der Waals surface area contributed by atoms with Gasteiger partial charge in [-0.05, 0) is 97.4 Å². The average Bonchev–Trinajstić information content (AvgIpc) is 3.24. The summed E-state index contributed by atoms with van der Waals surface area (Å²) < 4.78 is 0. The van der Waals surface area contributed by atoms with Crippen molar-refractivity contribution in [2.75, 3.05) is 0 Å². The zero-order chi connectivity index (χ0) is 27.9. The van der Waals surface area contributed by atoms with E-state index in [1.807, 2.05) is 24.3 Å². The quantitative estimate of drug-likeness (QED) is 0.350. The van der Waals surface area contributed by atoms with E-state index >= 15 is 0 Å². The van der Waals surface area contributed by atoms with Crippen LogP contribution in [0.4, 0.5) is 0 Å². The molecule has 3 fully saturated rings. The van der Waals surface area contributed by atoms with Crippen LogP contribution in [0, 0.1) is 109 Å². The molecule has 0 spiro atoms. The summed E-state index contributed by atoms with van der Waals surface area (Å²) in [5, 5.41) is 39.4. The number of ketones is 1. The monoisotopic (exact) mass is 512 g/mol. The fourth-order valence-electron chi connectivity index (χ4n) is 9.80. The molecule has 202 valence electrons. The Morgan fingerprint density at radius 3 is 2.26 bits per heavy atom. The molecular formula is C33H44N4O. The first kappa shape index (κ1) is 28.4. The van der Waals surface area contributed by atoms with Crippen molar-refractivity contribution >= 4 is 5.78 Å². The van der Waals surface area contributed by atoms with Crippen LogP contribution in [0.5, 0.6) is 0 Å². The van der Waals surface area contributed by atoms with Crippen molar-refractivity contribution in [3.63, 3.8) is 0 Å². The number of nitrogens with zero attached hydrogens (tertiary/aromatic N) is 4. The molecule has 0 aromatic rings. The summed E-state index contributed by atoms with van der Waals surface area (Å²) in [6.07, 6.45) is 12.9. The van der Waals surface area contributed by atoms with Gasteiger partial charge in [0.1, 0.15) is 0 Å². The van der Waals surface area contributed by atoms with Gasteiger partial charge in [0.25, 0.3) is 0 Å². The first-order valence-corrected chi connectivity index (χ1v) is 14.9. The van der Waals surface area contributed by atoms with E-state index in [1.165, 1.54) is 38.5 Å². The zero-order valence-corrected chi connectivity index (χ0v) is 24.0. The fourth-order valence-corrected chi connectivity index (χ4v) is 9.80. The second-order valence-corrected chi connectivity index (χ2v) is 14.0. The molecule has 0 N–H and O–H groups in total. The van der Waals surface area contributed by atoms with Crippen LogP contribution in [0.15, 0.2) is 11.6 Å². The Balaban J connectivity index is 1.61. The van der Waals surface area contributed by atoms with Gasteiger partial charge in [0.15, 0.2) is 17.1 Å². The van der Waals surface area contributed by atoms with Gasteiger partial charge < -0.3 is 0 Å². The van der Waals surface area contributed by atoms with Crippen LogP contribution >= 0.6 is 0 Å². The largest absolute Gasteiger partial charge is 0.294 e. The van der Waals surface area contributed by atoms with Gasteiger partial charge in [-0.1, -0.05) is 59.5 Å². The third kappa shape index (κ3) is 4.28. The minimum absolute atomic E-state index is 0.258. The maximum Gasteiger partial charge on any atom is 0.182 e. The van der Waals surface area contributed by atoms with Crippen molar-refractivity contribution in [1.82, 2.24) is 0 Å². The molecule has 0 amide bonds. The Labute approximate surface area is 229 Å². The molecule has 4 rings (SSSR count). The predicted octanol–water partition coefficient (Wildman–Crippen LogP) is 7.52. The summed E-state index contributed by atoms with van der Waals surface area (Å²) >= 11 is 0. The normalized spacial score (nSPS) is 37.1. The highest BCUT2D eigenvalue weighted by Gasteiger charge is 2.62. The Bertz CT molecular complexity index is 1110. The van der Waals surface area contributed by atoms with E-state index in [0.29, 0.717) is 29.6 Å². The average molecular weight is 513 g/mol. The number of hydrogen-bond donors (Lipinski definition) is 0. The lowest BCUT2D eigenvalue weighted by Gasteiger charge is -2.59. The van der Waals surface area contributed by atoms with Gasteiger partial charge in [0.05, 0.1) is 30.2 Å². The molecule has 0 radical (unpaired) electrons. The number of nitriles is 4. The molecule has 0 aromatic heterocycles. The van der Waals surface area contributed by atoms with Crippen molar-refractivity contribution in [3.05, 3.63) is 11.6 Å². The van der Waals surface area contributed by atoms with Crippen molar-refractivity contribution in [3.8, 4) is 24.3 Å². The molecule has 8 atom stereocenters. The summed E-state index contributed by atoms with van der Waals surface area (Å²) in [5.74, 6) is 1.28. The summed E-state index contributed by atoms with van der Waals surface area (Å²) in [7, 11) is 0. The minimum atomic E-state index is -1.94. The molecule has 0 bridgehead atoms. The van der Waals surface area contributed by atoms with Gasteiger partial charge in [-0.2, -0.15) is 21.0 Å². The predicted molar refractivity (Wildman–Crippen MR) is 145 cm³/mol. The lowest BCUT2D eigenvalue weighted by atomic mass is 9.44. The highest BCUT2D eigenvalue weighted by atomic mass is 16.1. The van der Waals surface area contributed by atoms with E-state index in [2.05, 4.69) is 34.6 Å². The standard InChI is InChI=1S/C33H44N4O/c1-21(2)7-6-8-22(3)26-11-12-27-25-10-9-23-15-30(38)29(33(19-36,20-37)24(17-34)18-35)16-32(23,5)28(25)13-14-31(26,27)4/h15,21-22,24-29H,6-14,16H2,1-5H3/t22-,25-,26+,27-,28-,29-,31+,32-/m0/s1. The van der Waals surface area contributed by atoms with E-state index in [4.69, 9.17) is 0 Å². The van der Waals surface area contributed by atoms with Crippen LogP contribution in [0.2, 0.25) is 0 Å². The van der Waals surface area contributed by atoms with Gasteiger partial charge in [0, 0.05) is 0 Å². The first-order valence-electron chi connectivity index (χ1n) is 14.9. The Morgan fingerprint density at radius 2 is 1.66 bits per heavy atom. The zero-order valence-electron chi connectivity index (χ0n) is 24.0. The summed E-state index contributed by atoms with van der Waals surface area (Å²) in [6.45, 7) is 11.9. The number of fused-ring (bicyclic) bond motifs is 5. The molecular weight excluding hydrogens is 468 g/mol. The second kappa shape index (κ2) is 10.5. The molecule has 3 saturated carbocycles. The van der Waals surface area contributed by atoms with Gasteiger partial charge >= 0.3 is 0 Å². The van der Waals surface area contributed by atoms with Gasteiger partial charge in [-0.15, -0.1) is 0 Å². The van der Waals surface area contributed by atoms with Crippen molar-refractivity contribution in [1.29, 1.82) is 21.0 Å². The summed E-state index contributed by atoms with van der Waals surface area (Å²) in [5.41, 5.74) is -0.699. The van der Waals surface area contributed by atoms with Gasteiger partial charge in [0.2, 0.25) is 0 Å². The molecule has 4 aliphatic rings. The molecule has 0 heterocycles. The van der Waals surface area contributed by atoms with E-state index < -0.39 is 17.3 Å². The molecule has 0 aromatic carbocycles. The van der Waals surface area contributed by atoms with Crippen LogP contribution in [-0.4, -0.2) is 5.78 Å². The number of allylic oxidation sites excluding steroid dienone is 1. The van der Waals surface area contributed by atoms with E-state index in [9.17, 15) is 25.8 Å². The second-order valence-electron chi connectivity index (χ2n) is 14.0. The fraction of sp³-hybridized carbons (Fsp3) is 0.788. The number of hydrogen-bond acceptors (Lipinski definition) is 5. The van der Waals surface area contributed by atoms with E-state index in [-0.39, 0.29) is 11.2 Å². The lowest BCUT2D eigenvalue weighted by molar-refractivity contribution is -0.126. The van der Waals surface area contributed by atoms with Crippen LogP contribution in [0.1, 0.15) is 98.8 Å². The molecule has 0 unspecified atom stereocenters. The molecule has 0 saturated heterocycles. The van der Waals surface area contributed by atoms with E-state index in [1.54, 1.807) is 6.08 Å². The third-order valence-corrected chi connectivity index (χ3v) is 11.9. The van der Waals surface area contributed by atoms with Crippen molar-refractivity contribution in [2.45, 2.75) is 98.8 Å². The number of carbonyl (C=O) groups excluding carboxylic acids is 1. The molecule has 0 aliphatic heterocycles. The number of carbonyl (C=O) groups is 1. The highest BCUT2D eigenvalue weighted by Crippen LogP contribution is 2.68. The summed E-state index contributed by atoms with van der Waals surface area (Å²) in [4.78, 5) is 13.3. The minimum Gasteiger partial charge on any atom is -0.294 e. The van der Waals surface area contributed by atoms with Crippen molar-refractivity contribution in [2.24, 2.45) is 63.6 Å². The first-order chi connectivity index (χ1) is 18.0. The number of rotatable bonds is 7. The van der Waals surface area contributed by atoms with Gasteiger partial charge in [-0.3, -0.25) is 4.79 Å². The summed E-state index contributed by atoms with van der Waals surface area (Å²) in [6, 6.07) is 7.65. The SMILES string of the molecule is CC(C)CCC[C@H](C)[C@H]1CC[C@H]2[C@@H]3CCC4=CC(=O)[C@@H](C(C#N)(C#N)C(C#N)C#N)C[C@]4(C)[C@H]3CC[C@]12C. The Morgan fingerprint density at radius 1 is 0.974 bits per heavy atom. The van der Waals surface area contributed by atoms with Crippen LogP contribution < -0.4 is 0 Å². The van der Waals surface area contributed by atoms with Crippen LogP contribution in [0.25, 0.3) is 0 Å². The maximum absolute atomic E-state index is 13.3. The van der Waals surface area contributed by atoms with E-state index in [0.717, 1.165) is 42.6 Å². The molecule has 5 heteroatoms. The van der Waals surface area contributed by atoms with Crippen LogP contribution in [0.3, 0.4) is 0 Å².